The topological polar surface area (TPSA) is 44.2 Å². The van der Waals surface area contributed by atoms with Crippen LogP contribution in [0.4, 0.5) is 0 Å². The van der Waals surface area contributed by atoms with Gasteiger partial charge < -0.3 is 9.47 Å². The first-order valence-electron chi connectivity index (χ1n) is 16.3. The maximum atomic E-state index is 6.18. The number of terminal acetylenes is 2. The summed E-state index contributed by atoms with van der Waals surface area (Å²) in [6.07, 6.45) is 21.2. The summed E-state index contributed by atoms with van der Waals surface area (Å²) in [5, 5.41) is 0. The van der Waals surface area contributed by atoms with Gasteiger partial charge in [0.2, 0.25) is 0 Å². The van der Waals surface area contributed by atoms with Crippen LogP contribution in [0, 0.1) is 36.5 Å². The van der Waals surface area contributed by atoms with Crippen LogP contribution in [0.25, 0.3) is 33.5 Å². The quantitative estimate of drug-likeness (QED) is 0.123. The van der Waals surface area contributed by atoms with Crippen LogP contribution < -0.4 is 9.47 Å². The van der Waals surface area contributed by atoms with E-state index >= 15 is 0 Å². The molecule has 0 aliphatic heterocycles. The van der Waals surface area contributed by atoms with E-state index in [4.69, 9.17) is 32.3 Å². The second-order valence-corrected chi connectivity index (χ2v) is 11.6. The molecule has 44 heavy (non-hydrogen) atoms. The monoisotopic (exact) mass is 586 g/mol. The van der Waals surface area contributed by atoms with E-state index in [1.165, 1.54) is 38.5 Å². The summed E-state index contributed by atoms with van der Waals surface area (Å²) < 4.78 is 12.4. The Morgan fingerprint density at radius 3 is 1.30 bits per heavy atom. The Bertz CT molecular complexity index is 1460. The van der Waals surface area contributed by atoms with Gasteiger partial charge in [-0.05, 0) is 85.3 Å². The first kappa shape index (κ1) is 32.6. The van der Waals surface area contributed by atoms with Crippen molar-refractivity contribution >= 4 is 11.0 Å². The van der Waals surface area contributed by atoms with Crippen LogP contribution in [0.15, 0.2) is 60.7 Å². The lowest BCUT2D eigenvalue weighted by Crippen LogP contribution is -2.11. The average molecular weight is 587 g/mol. The Morgan fingerprint density at radius 2 is 0.977 bits per heavy atom. The lowest BCUT2D eigenvalue weighted by atomic mass is 10.0. The van der Waals surface area contributed by atoms with Crippen LogP contribution >= 0.6 is 0 Å². The first-order chi connectivity index (χ1) is 21.5. The lowest BCUT2D eigenvalue weighted by molar-refractivity contribution is 0.233. The van der Waals surface area contributed by atoms with Crippen molar-refractivity contribution in [2.24, 2.45) is 11.8 Å². The van der Waals surface area contributed by atoms with E-state index < -0.39 is 0 Å². The molecule has 2 unspecified atom stereocenters. The van der Waals surface area contributed by atoms with E-state index in [0.29, 0.717) is 34.0 Å². The van der Waals surface area contributed by atoms with Gasteiger partial charge in [-0.1, -0.05) is 78.1 Å². The van der Waals surface area contributed by atoms with E-state index in [2.05, 4.69) is 39.5 Å². The van der Waals surface area contributed by atoms with Gasteiger partial charge in [-0.2, -0.15) is 0 Å². The molecule has 4 rings (SSSR count). The van der Waals surface area contributed by atoms with Crippen molar-refractivity contribution in [3.05, 3.63) is 71.8 Å². The molecule has 3 aromatic carbocycles. The molecular formula is C40H46N2O2. The maximum absolute atomic E-state index is 6.18. The van der Waals surface area contributed by atoms with Gasteiger partial charge in [0, 0.05) is 11.1 Å². The Kier molecular flexibility index (Phi) is 12.3. The van der Waals surface area contributed by atoms with Gasteiger partial charge in [0.25, 0.3) is 0 Å². The third kappa shape index (κ3) is 8.21. The minimum Gasteiger partial charge on any atom is -0.493 e. The normalized spacial score (nSPS) is 12.3. The summed E-state index contributed by atoms with van der Waals surface area (Å²) in [6.45, 7) is 10.4. The molecule has 0 spiro atoms. The first-order valence-corrected chi connectivity index (χ1v) is 16.3. The molecule has 4 nitrogen and oxygen atoms in total. The molecule has 0 saturated heterocycles. The van der Waals surface area contributed by atoms with E-state index in [0.717, 1.165) is 60.1 Å². The predicted octanol–water partition coefficient (Wildman–Crippen LogP) is 10.1. The van der Waals surface area contributed by atoms with Gasteiger partial charge in [-0.15, -0.1) is 12.8 Å². The second kappa shape index (κ2) is 16.5. The summed E-state index contributed by atoms with van der Waals surface area (Å²) in [4.78, 5) is 10.2. The molecule has 0 N–H and O–H groups in total. The van der Waals surface area contributed by atoms with E-state index in [1.54, 1.807) is 0 Å². The van der Waals surface area contributed by atoms with Crippen molar-refractivity contribution in [2.45, 2.75) is 79.1 Å². The third-order valence-electron chi connectivity index (χ3n) is 8.45. The number of rotatable bonds is 16. The van der Waals surface area contributed by atoms with Gasteiger partial charge in [-0.25, -0.2) is 9.97 Å². The van der Waals surface area contributed by atoms with E-state index in [9.17, 15) is 0 Å². The molecule has 4 aromatic rings. The Labute approximate surface area is 264 Å². The van der Waals surface area contributed by atoms with Crippen molar-refractivity contribution in [1.29, 1.82) is 0 Å². The smallest absolute Gasteiger partial charge is 0.119 e. The fourth-order valence-corrected chi connectivity index (χ4v) is 5.41. The van der Waals surface area contributed by atoms with Gasteiger partial charge in [0.05, 0.1) is 35.7 Å². The largest absolute Gasteiger partial charge is 0.493 e. The highest BCUT2D eigenvalue weighted by molar-refractivity contribution is 5.92. The van der Waals surface area contributed by atoms with Crippen LogP contribution in [0.3, 0.4) is 0 Å². The summed E-state index contributed by atoms with van der Waals surface area (Å²) >= 11 is 0. The molecule has 0 aliphatic carbocycles. The van der Waals surface area contributed by atoms with Crippen molar-refractivity contribution in [3.63, 3.8) is 0 Å². The second-order valence-electron chi connectivity index (χ2n) is 11.6. The number of benzene rings is 3. The molecule has 0 radical (unpaired) electrons. The fraction of sp³-hybridized carbons (Fsp3) is 0.400. The fourth-order valence-electron chi connectivity index (χ4n) is 5.41. The summed E-state index contributed by atoms with van der Waals surface area (Å²) in [5.74, 6) is 8.35. The number of fused-ring (bicyclic) bond motifs is 1. The van der Waals surface area contributed by atoms with E-state index in [-0.39, 0.29) is 0 Å². The molecule has 0 bridgehead atoms. The zero-order chi connectivity index (χ0) is 31.3. The maximum Gasteiger partial charge on any atom is 0.119 e. The molecule has 0 fully saturated rings. The number of hydrogen-bond acceptors (Lipinski definition) is 4. The molecule has 2 atom stereocenters. The number of aromatic nitrogens is 2. The summed E-state index contributed by atoms with van der Waals surface area (Å²) in [5.41, 5.74) is 5.91. The number of hydrogen-bond donors (Lipinski definition) is 0. The summed E-state index contributed by atoms with van der Waals surface area (Å²) in [7, 11) is 0. The molecule has 0 aliphatic rings. The van der Waals surface area contributed by atoms with Gasteiger partial charge in [0.1, 0.15) is 22.5 Å². The highest BCUT2D eigenvalue weighted by atomic mass is 16.5. The molecular weight excluding hydrogens is 540 g/mol. The summed E-state index contributed by atoms with van der Waals surface area (Å²) in [6, 6.07) is 19.9. The molecule has 1 heterocycles. The van der Waals surface area contributed by atoms with Crippen molar-refractivity contribution < 1.29 is 9.47 Å². The van der Waals surface area contributed by atoms with Gasteiger partial charge in [0.15, 0.2) is 0 Å². The number of unbranched alkanes of at least 4 members (excludes halogenated alkanes) is 2. The molecule has 228 valence electrons. The molecule has 4 heteroatoms. The van der Waals surface area contributed by atoms with Crippen LogP contribution in [0.2, 0.25) is 0 Å². The highest BCUT2D eigenvalue weighted by Gasteiger charge is 2.17. The van der Waals surface area contributed by atoms with E-state index in [1.807, 2.05) is 60.7 Å². The predicted molar refractivity (Wildman–Crippen MR) is 184 cm³/mol. The third-order valence-corrected chi connectivity index (χ3v) is 8.45. The van der Waals surface area contributed by atoms with Crippen molar-refractivity contribution in [1.82, 2.24) is 9.97 Å². The molecule has 0 amide bonds. The van der Waals surface area contributed by atoms with Crippen LogP contribution in [-0.4, -0.2) is 23.2 Å². The zero-order valence-electron chi connectivity index (χ0n) is 26.9. The lowest BCUT2D eigenvalue weighted by Gasteiger charge is -2.17. The zero-order valence-corrected chi connectivity index (χ0v) is 26.9. The average Bonchev–Trinajstić information content (AvgIpc) is 3.08. The highest BCUT2D eigenvalue weighted by Crippen LogP contribution is 2.34. The van der Waals surface area contributed by atoms with Crippen LogP contribution in [0.5, 0.6) is 11.5 Å². The van der Waals surface area contributed by atoms with Crippen LogP contribution in [0.1, 0.15) is 90.2 Å². The van der Waals surface area contributed by atoms with Crippen molar-refractivity contribution in [2.75, 3.05) is 13.2 Å². The van der Waals surface area contributed by atoms with Crippen LogP contribution in [-0.2, 0) is 0 Å². The minimum atomic E-state index is 0.566. The Balaban J connectivity index is 1.68. The molecule has 1 aromatic heterocycles. The number of ether oxygens (including phenoxy) is 2. The SMILES string of the molecule is C#Cc1ccc(C#C)c2nc(-c3ccc(OCC(CC)CCCC)cc3)c(-c3ccc(OCC(CC)CCCC)cc3)nc12. The standard InChI is InChI=1S/C40H46N2O2/c1-7-13-15-29(9-3)27-43-35-23-19-33(20-24-35)39-40(42-38-32(12-6)18-17-31(11-5)37(38)41-39)34-21-25-36(26-22-34)44-28-30(10-4)16-14-8-2/h5-6,17-26,29-30H,7-10,13-16,27-28H2,1-4H3. The Hall–Kier alpha value is -4.28. The van der Waals surface area contributed by atoms with Crippen molar-refractivity contribution in [3.8, 4) is 58.7 Å². The van der Waals surface area contributed by atoms with Gasteiger partial charge in [-0.3, -0.25) is 0 Å². The minimum absolute atomic E-state index is 0.566. The Morgan fingerprint density at radius 1 is 0.591 bits per heavy atom. The number of nitrogens with zero attached hydrogens (tertiary/aromatic N) is 2. The van der Waals surface area contributed by atoms with Gasteiger partial charge >= 0.3 is 0 Å². The molecule has 0 saturated carbocycles.